The van der Waals surface area contributed by atoms with Crippen molar-refractivity contribution in [1.82, 2.24) is 0 Å². The predicted octanol–water partition coefficient (Wildman–Crippen LogP) is 3.95. The van der Waals surface area contributed by atoms with Crippen LogP contribution < -0.4 is 4.31 Å². The number of nitrogens with zero attached hydrogens (tertiary/aromatic N) is 2. The van der Waals surface area contributed by atoms with Crippen molar-refractivity contribution >= 4 is 27.4 Å². The highest BCUT2D eigenvalue weighted by Crippen LogP contribution is 2.37. The minimum absolute atomic E-state index is 0.161. The lowest BCUT2D eigenvalue weighted by atomic mass is 9.96. The summed E-state index contributed by atoms with van der Waals surface area (Å²) < 4.78 is 32.8. The summed E-state index contributed by atoms with van der Waals surface area (Å²) in [4.78, 5) is 22.3. The van der Waals surface area contributed by atoms with Gasteiger partial charge in [0.15, 0.2) is 4.90 Å². The van der Waals surface area contributed by atoms with Crippen molar-refractivity contribution in [2.24, 2.45) is 0 Å². The van der Waals surface area contributed by atoms with Gasteiger partial charge < -0.3 is 4.74 Å². The Balaban J connectivity index is 2.82. The summed E-state index contributed by atoms with van der Waals surface area (Å²) in [6.45, 7) is 4.85. The van der Waals surface area contributed by atoms with Gasteiger partial charge in [0.05, 0.1) is 17.7 Å². The molecule has 0 N–H and O–H groups in total. The Morgan fingerprint density at radius 1 is 1.23 bits per heavy atom. The van der Waals surface area contributed by atoms with E-state index in [4.69, 9.17) is 4.74 Å². The minimum Gasteiger partial charge on any atom is -0.468 e. The third kappa shape index (κ3) is 4.68. The van der Waals surface area contributed by atoms with Crippen molar-refractivity contribution < 1.29 is 22.9 Å². The molecule has 0 bridgehead atoms. The van der Waals surface area contributed by atoms with Crippen molar-refractivity contribution in [1.29, 1.82) is 0 Å². The van der Waals surface area contributed by atoms with E-state index in [-0.39, 0.29) is 5.92 Å². The molecule has 1 atom stereocenters. The van der Waals surface area contributed by atoms with E-state index in [1.165, 1.54) is 12.1 Å². The fraction of sp³-hybridized carbons (Fsp3) is 0.286. The van der Waals surface area contributed by atoms with Gasteiger partial charge in [-0.15, -0.1) is 0 Å². The van der Waals surface area contributed by atoms with Crippen LogP contribution in [0.1, 0.15) is 30.9 Å². The van der Waals surface area contributed by atoms with Crippen LogP contribution >= 0.6 is 0 Å². The number of allylic oxidation sites excluding steroid dienone is 2. The standard InChI is InChI=1S/C21H24N2O6S/c1-5-9-15(2)17-11-8-10-16(3)21(17)22(14-20(24)29-4)30(27,28)19-13-7-6-12-18(19)23(25)26/h5-13,15H,14H2,1-4H3/b9-5+. The van der Waals surface area contributed by atoms with Gasteiger partial charge in [0.25, 0.3) is 15.7 Å². The minimum atomic E-state index is -4.46. The Bertz CT molecular complexity index is 1080. The molecule has 0 aliphatic rings. The molecule has 0 aliphatic carbocycles. The molecule has 2 aromatic rings. The van der Waals surface area contributed by atoms with Crippen LogP contribution in [0.3, 0.4) is 0 Å². The maximum Gasteiger partial charge on any atom is 0.326 e. The monoisotopic (exact) mass is 432 g/mol. The number of anilines is 1. The first-order chi connectivity index (χ1) is 14.1. The van der Waals surface area contributed by atoms with Crippen LogP contribution in [0.2, 0.25) is 0 Å². The van der Waals surface area contributed by atoms with Crippen LogP contribution in [0.25, 0.3) is 0 Å². The Morgan fingerprint density at radius 3 is 2.50 bits per heavy atom. The molecule has 2 rings (SSSR count). The number of rotatable bonds is 8. The van der Waals surface area contributed by atoms with Gasteiger partial charge in [-0.1, -0.05) is 49.4 Å². The highest BCUT2D eigenvalue weighted by Gasteiger charge is 2.35. The summed E-state index contributed by atoms with van der Waals surface area (Å²) >= 11 is 0. The van der Waals surface area contributed by atoms with E-state index in [0.717, 1.165) is 23.5 Å². The molecule has 0 aromatic heterocycles. The summed E-state index contributed by atoms with van der Waals surface area (Å²) in [7, 11) is -3.31. The molecule has 0 fully saturated rings. The summed E-state index contributed by atoms with van der Waals surface area (Å²) in [5, 5.41) is 11.5. The van der Waals surface area contributed by atoms with Crippen LogP contribution in [-0.2, 0) is 19.6 Å². The number of nitro benzene ring substituents is 1. The summed E-state index contributed by atoms with van der Waals surface area (Å²) in [6, 6.07) is 10.3. The van der Waals surface area contributed by atoms with Crippen molar-refractivity contribution in [3.63, 3.8) is 0 Å². The second kappa shape index (κ2) is 9.53. The Kier molecular flexibility index (Phi) is 7.33. The number of hydrogen-bond acceptors (Lipinski definition) is 6. The van der Waals surface area contributed by atoms with Gasteiger partial charge in [0.2, 0.25) is 0 Å². The van der Waals surface area contributed by atoms with Gasteiger partial charge in [-0.3, -0.25) is 19.2 Å². The molecular weight excluding hydrogens is 408 g/mol. The van der Waals surface area contributed by atoms with Crippen molar-refractivity contribution in [3.05, 3.63) is 75.9 Å². The number of aryl methyl sites for hydroxylation is 1. The Morgan fingerprint density at radius 2 is 1.90 bits per heavy atom. The van der Waals surface area contributed by atoms with E-state index in [9.17, 15) is 23.3 Å². The number of methoxy groups -OCH3 is 1. The van der Waals surface area contributed by atoms with Crippen LogP contribution in [-0.4, -0.2) is 33.0 Å². The first kappa shape index (κ1) is 23.1. The van der Waals surface area contributed by atoms with Crippen LogP contribution in [0.15, 0.2) is 59.5 Å². The van der Waals surface area contributed by atoms with Gasteiger partial charge >= 0.3 is 5.97 Å². The molecule has 8 nitrogen and oxygen atoms in total. The molecular formula is C21H24N2O6S. The maximum absolute atomic E-state index is 13.6. The zero-order valence-electron chi connectivity index (χ0n) is 17.2. The van der Waals surface area contributed by atoms with E-state index >= 15 is 0 Å². The quantitative estimate of drug-likeness (QED) is 0.271. The summed E-state index contributed by atoms with van der Waals surface area (Å²) in [5.41, 5.74) is 1.00. The van der Waals surface area contributed by atoms with Crippen LogP contribution in [0.4, 0.5) is 11.4 Å². The topological polar surface area (TPSA) is 107 Å². The van der Waals surface area contributed by atoms with Gasteiger partial charge in [-0.05, 0) is 31.0 Å². The lowest BCUT2D eigenvalue weighted by molar-refractivity contribution is -0.387. The maximum atomic E-state index is 13.6. The van der Waals surface area contributed by atoms with Crippen molar-refractivity contribution in [2.75, 3.05) is 18.0 Å². The molecule has 2 aromatic carbocycles. The highest BCUT2D eigenvalue weighted by atomic mass is 32.2. The Labute approximate surface area is 176 Å². The first-order valence-electron chi connectivity index (χ1n) is 9.20. The fourth-order valence-electron chi connectivity index (χ4n) is 3.19. The third-order valence-electron chi connectivity index (χ3n) is 4.62. The van der Waals surface area contributed by atoms with Crippen molar-refractivity contribution in [2.45, 2.75) is 31.6 Å². The van der Waals surface area contributed by atoms with Crippen LogP contribution in [0, 0.1) is 17.0 Å². The molecule has 0 heterocycles. The molecule has 1 unspecified atom stereocenters. The smallest absolute Gasteiger partial charge is 0.326 e. The Hall–Kier alpha value is -3.20. The number of benzene rings is 2. The third-order valence-corrected chi connectivity index (χ3v) is 6.41. The summed E-state index contributed by atoms with van der Waals surface area (Å²) in [6.07, 6.45) is 3.74. The second-order valence-electron chi connectivity index (χ2n) is 6.64. The fourth-order valence-corrected chi connectivity index (χ4v) is 4.85. The SMILES string of the molecule is C/C=C/C(C)c1cccc(C)c1N(CC(=O)OC)S(=O)(=O)c1ccccc1[N+](=O)[O-]. The number of esters is 1. The summed E-state index contributed by atoms with van der Waals surface area (Å²) in [5.74, 6) is -0.948. The molecule has 0 saturated heterocycles. The van der Waals surface area contributed by atoms with E-state index < -0.39 is 38.0 Å². The number of ether oxygens (including phenoxy) is 1. The number of nitro groups is 1. The number of hydrogen-bond donors (Lipinski definition) is 0. The first-order valence-corrected chi connectivity index (χ1v) is 10.6. The number of carbonyl (C=O) groups is 1. The van der Waals surface area contributed by atoms with E-state index in [1.807, 2.05) is 26.0 Å². The molecule has 0 amide bonds. The lowest BCUT2D eigenvalue weighted by Crippen LogP contribution is -2.38. The van der Waals surface area contributed by atoms with E-state index in [0.29, 0.717) is 16.8 Å². The van der Waals surface area contributed by atoms with Gasteiger partial charge in [-0.2, -0.15) is 0 Å². The van der Waals surface area contributed by atoms with E-state index in [1.54, 1.807) is 25.1 Å². The van der Waals surface area contributed by atoms with Crippen molar-refractivity contribution in [3.8, 4) is 0 Å². The van der Waals surface area contributed by atoms with Gasteiger partial charge in [0, 0.05) is 12.0 Å². The average molecular weight is 432 g/mol. The van der Waals surface area contributed by atoms with Crippen LogP contribution in [0.5, 0.6) is 0 Å². The second-order valence-corrected chi connectivity index (χ2v) is 8.47. The molecule has 9 heteroatoms. The number of carbonyl (C=O) groups excluding carboxylic acids is 1. The molecule has 30 heavy (non-hydrogen) atoms. The normalized spacial score (nSPS) is 12.5. The molecule has 0 spiro atoms. The molecule has 160 valence electrons. The predicted molar refractivity (Wildman–Crippen MR) is 114 cm³/mol. The molecule has 0 aliphatic heterocycles. The zero-order valence-corrected chi connectivity index (χ0v) is 18.0. The number of sulfonamides is 1. The lowest BCUT2D eigenvalue weighted by Gasteiger charge is -2.28. The molecule has 0 radical (unpaired) electrons. The van der Waals surface area contributed by atoms with Gasteiger partial charge in [-0.25, -0.2) is 8.42 Å². The average Bonchev–Trinajstić information content (AvgIpc) is 2.72. The molecule has 0 saturated carbocycles. The zero-order chi connectivity index (χ0) is 22.5. The van der Waals surface area contributed by atoms with E-state index in [2.05, 4.69) is 0 Å². The van der Waals surface area contributed by atoms with Gasteiger partial charge in [0.1, 0.15) is 6.54 Å². The highest BCUT2D eigenvalue weighted by molar-refractivity contribution is 7.93. The largest absolute Gasteiger partial charge is 0.468 e. The number of para-hydroxylation sites is 2.